The summed E-state index contributed by atoms with van der Waals surface area (Å²) in [5.41, 5.74) is 6.68. The number of nitrogens with one attached hydrogen (secondary N) is 2. The molecular formula is C25H35N7. The average Bonchev–Trinajstić information content (AvgIpc) is 2.76. The second-order valence-electron chi connectivity index (χ2n) is 8.35. The maximum Gasteiger partial charge on any atom is 0.132 e. The SMILES string of the molecule is C=N/C=C(C)\C(=N/CNc1ccc(N2CCN(C)CC2)c(C)c1)Nc1ccc(C)c(C)n1. The van der Waals surface area contributed by atoms with Gasteiger partial charge >= 0.3 is 0 Å². The molecule has 0 spiro atoms. The molecule has 1 aliphatic rings. The Kier molecular flexibility index (Phi) is 8.00. The van der Waals surface area contributed by atoms with E-state index in [1.165, 1.54) is 11.3 Å². The molecule has 7 heteroatoms. The number of anilines is 3. The largest absolute Gasteiger partial charge is 0.369 e. The fourth-order valence-corrected chi connectivity index (χ4v) is 3.66. The van der Waals surface area contributed by atoms with Crippen molar-refractivity contribution in [2.24, 2.45) is 9.98 Å². The molecule has 1 fully saturated rings. The summed E-state index contributed by atoms with van der Waals surface area (Å²) in [5.74, 6) is 1.47. The Hall–Kier alpha value is -3.19. The fraction of sp³-hybridized carbons (Fsp3) is 0.400. The smallest absolute Gasteiger partial charge is 0.132 e. The van der Waals surface area contributed by atoms with Crippen LogP contribution in [0.3, 0.4) is 0 Å². The summed E-state index contributed by atoms with van der Waals surface area (Å²) in [6.45, 7) is 16.5. The maximum atomic E-state index is 4.72. The van der Waals surface area contributed by atoms with E-state index in [4.69, 9.17) is 4.99 Å². The van der Waals surface area contributed by atoms with E-state index < -0.39 is 0 Å². The second-order valence-corrected chi connectivity index (χ2v) is 8.35. The summed E-state index contributed by atoms with van der Waals surface area (Å²) in [6.07, 6.45) is 1.70. The Morgan fingerprint density at radius 1 is 1.09 bits per heavy atom. The van der Waals surface area contributed by atoms with Crippen molar-refractivity contribution < 1.29 is 0 Å². The Morgan fingerprint density at radius 3 is 2.50 bits per heavy atom. The van der Waals surface area contributed by atoms with Gasteiger partial charge in [0.2, 0.25) is 0 Å². The van der Waals surface area contributed by atoms with E-state index in [1.54, 1.807) is 6.20 Å². The van der Waals surface area contributed by atoms with Crippen LogP contribution >= 0.6 is 0 Å². The highest BCUT2D eigenvalue weighted by Gasteiger charge is 2.15. The van der Waals surface area contributed by atoms with Crippen LogP contribution in [0.15, 0.2) is 52.1 Å². The van der Waals surface area contributed by atoms with E-state index in [2.05, 4.69) is 82.3 Å². The number of piperazine rings is 1. The summed E-state index contributed by atoms with van der Waals surface area (Å²) >= 11 is 0. The van der Waals surface area contributed by atoms with Crippen molar-refractivity contribution >= 4 is 29.7 Å². The number of amidine groups is 1. The zero-order chi connectivity index (χ0) is 23.1. The number of hydrogen-bond donors (Lipinski definition) is 2. The molecule has 1 aliphatic heterocycles. The van der Waals surface area contributed by atoms with Gasteiger partial charge in [0, 0.05) is 55.0 Å². The van der Waals surface area contributed by atoms with E-state index in [9.17, 15) is 0 Å². The van der Waals surface area contributed by atoms with E-state index in [1.807, 2.05) is 19.9 Å². The van der Waals surface area contributed by atoms with Crippen molar-refractivity contribution in [1.29, 1.82) is 0 Å². The standard InChI is InChI=1S/C25H35N7/c1-18-7-10-24(29-21(18)4)30-25(20(3)16-26-5)28-17-27-22-8-9-23(19(2)15-22)32-13-11-31(6)12-14-32/h7-10,15-16,27H,5,11-14,17H2,1-4,6H3,(H,28,29,30)/b20-16-. The van der Waals surface area contributed by atoms with Crippen molar-refractivity contribution in [3.05, 3.63) is 58.9 Å². The summed E-state index contributed by atoms with van der Waals surface area (Å²) in [7, 11) is 2.18. The average molecular weight is 434 g/mol. The van der Waals surface area contributed by atoms with Crippen LogP contribution in [0.25, 0.3) is 0 Å². The molecule has 1 aromatic heterocycles. The van der Waals surface area contributed by atoms with Gasteiger partial charge in [-0.1, -0.05) is 6.07 Å². The third kappa shape index (κ3) is 6.17. The van der Waals surface area contributed by atoms with E-state index in [-0.39, 0.29) is 0 Å². The van der Waals surface area contributed by atoms with Gasteiger partial charge in [0.25, 0.3) is 0 Å². The molecule has 2 aromatic rings. The topological polar surface area (TPSA) is 68.2 Å². The lowest BCUT2D eigenvalue weighted by Gasteiger charge is -2.35. The first-order chi connectivity index (χ1) is 15.4. The van der Waals surface area contributed by atoms with Crippen LogP contribution in [-0.2, 0) is 0 Å². The van der Waals surface area contributed by atoms with Crippen molar-refractivity contribution in [2.75, 3.05) is 55.4 Å². The molecular weight excluding hydrogens is 398 g/mol. The summed E-state index contributed by atoms with van der Waals surface area (Å²) in [5, 5.41) is 6.73. The fourth-order valence-electron chi connectivity index (χ4n) is 3.66. The van der Waals surface area contributed by atoms with E-state index >= 15 is 0 Å². The second kappa shape index (κ2) is 10.9. The number of pyridine rings is 1. The van der Waals surface area contributed by atoms with Gasteiger partial charge in [-0.2, -0.15) is 0 Å². The number of rotatable bonds is 7. The van der Waals surface area contributed by atoms with Gasteiger partial charge in [-0.15, -0.1) is 0 Å². The number of hydrogen-bond acceptors (Lipinski definition) is 6. The molecule has 170 valence electrons. The molecule has 2 N–H and O–H groups in total. The van der Waals surface area contributed by atoms with Gasteiger partial charge in [-0.05, 0) is 76.9 Å². The molecule has 0 bridgehead atoms. The minimum atomic E-state index is 0.433. The molecule has 0 aliphatic carbocycles. The number of aryl methyl sites for hydroxylation is 3. The van der Waals surface area contributed by atoms with Crippen LogP contribution in [-0.4, -0.2) is 62.3 Å². The number of likely N-dealkylation sites (N-methyl/N-ethyl adjacent to an activating group) is 1. The highest BCUT2D eigenvalue weighted by molar-refractivity contribution is 6.07. The molecule has 3 rings (SSSR count). The molecule has 0 amide bonds. The van der Waals surface area contributed by atoms with Crippen LogP contribution in [0, 0.1) is 20.8 Å². The molecule has 7 nitrogen and oxygen atoms in total. The lowest BCUT2D eigenvalue weighted by Crippen LogP contribution is -2.44. The highest BCUT2D eigenvalue weighted by Crippen LogP contribution is 2.24. The first-order valence-corrected chi connectivity index (χ1v) is 11.0. The van der Waals surface area contributed by atoms with E-state index in [0.717, 1.165) is 54.5 Å². The van der Waals surface area contributed by atoms with Gasteiger partial charge in [-0.25, -0.2) is 9.98 Å². The maximum absolute atomic E-state index is 4.72. The van der Waals surface area contributed by atoms with Gasteiger partial charge < -0.3 is 20.4 Å². The van der Waals surface area contributed by atoms with Crippen molar-refractivity contribution in [3.63, 3.8) is 0 Å². The minimum absolute atomic E-state index is 0.433. The van der Waals surface area contributed by atoms with Crippen molar-refractivity contribution in [3.8, 4) is 0 Å². The summed E-state index contributed by atoms with van der Waals surface area (Å²) in [6, 6.07) is 10.5. The molecule has 0 saturated carbocycles. The van der Waals surface area contributed by atoms with Crippen LogP contribution in [0.5, 0.6) is 0 Å². The van der Waals surface area contributed by atoms with E-state index in [0.29, 0.717) is 12.5 Å². The minimum Gasteiger partial charge on any atom is -0.369 e. The monoisotopic (exact) mass is 433 g/mol. The van der Waals surface area contributed by atoms with Gasteiger partial charge in [-0.3, -0.25) is 4.99 Å². The lowest BCUT2D eigenvalue weighted by molar-refractivity contribution is 0.312. The quantitative estimate of drug-likeness (QED) is 0.505. The number of aliphatic imine (C=N–C) groups is 2. The normalized spacial score (nSPS) is 15.6. The number of benzene rings is 1. The molecule has 0 radical (unpaired) electrons. The Labute approximate surface area is 192 Å². The van der Waals surface area contributed by atoms with Gasteiger partial charge in [0.15, 0.2) is 0 Å². The number of aromatic nitrogens is 1. The van der Waals surface area contributed by atoms with Crippen LogP contribution in [0.4, 0.5) is 17.2 Å². The van der Waals surface area contributed by atoms with Crippen molar-refractivity contribution in [1.82, 2.24) is 9.88 Å². The molecule has 1 saturated heterocycles. The Morgan fingerprint density at radius 2 is 1.84 bits per heavy atom. The van der Waals surface area contributed by atoms with Crippen LogP contribution in [0.1, 0.15) is 23.7 Å². The zero-order valence-electron chi connectivity index (χ0n) is 19.9. The van der Waals surface area contributed by atoms with Crippen LogP contribution in [0.2, 0.25) is 0 Å². The Bertz CT molecular complexity index is 1000. The van der Waals surface area contributed by atoms with Crippen LogP contribution < -0.4 is 15.5 Å². The van der Waals surface area contributed by atoms with Crippen molar-refractivity contribution in [2.45, 2.75) is 27.7 Å². The molecule has 1 aromatic carbocycles. The molecule has 32 heavy (non-hydrogen) atoms. The van der Waals surface area contributed by atoms with Gasteiger partial charge in [0.1, 0.15) is 18.3 Å². The third-order valence-corrected chi connectivity index (χ3v) is 5.82. The summed E-state index contributed by atoms with van der Waals surface area (Å²) in [4.78, 5) is 18.0. The zero-order valence-corrected chi connectivity index (χ0v) is 19.9. The predicted octanol–water partition coefficient (Wildman–Crippen LogP) is 4.24. The number of nitrogens with zero attached hydrogens (tertiary/aromatic N) is 5. The molecule has 0 atom stereocenters. The highest BCUT2D eigenvalue weighted by atomic mass is 15.2. The first-order valence-electron chi connectivity index (χ1n) is 11.0. The molecule has 2 heterocycles. The van der Waals surface area contributed by atoms with Gasteiger partial charge in [0.05, 0.1) is 0 Å². The molecule has 0 unspecified atom stereocenters. The lowest BCUT2D eigenvalue weighted by atomic mass is 10.1. The Balaban J connectivity index is 1.68. The third-order valence-electron chi connectivity index (χ3n) is 5.82. The first kappa shape index (κ1) is 23.5. The summed E-state index contributed by atoms with van der Waals surface area (Å²) < 4.78 is 0. The predicted molar refractivity (Wildman–Crippen MR) is 137 cm³/mol.